The van der Waals surface area contributed by atoms with Gasteiger partial charge >= 0.3 is 0 Å². The number of fused-ring (bicyclic) bond motifs is 1. The summed E-state index contributed by atoms with van der Waals surface area (Å²) in [5.74, 6) is -0.873. The molecule has 84 valence electrons. The molecular formula is C10H9NO5. The number of nitro benzene ring substituents is 1. The monoisotopic (exact) mass is 223 g/mol. The van der Waals surface area contributed by atoms with Crippen LogP contribution in [0, 0.1) is 16.0 Å². The van der Waals surface area contributed by atoms with E-state index in [4.69, 9.17) is 4.74 Å². The van der Waals surface area contributed by atoms with Crippen LogP contribution < -0.4 is 4.74 Å². The van der Waals surface area contributed by atoms with Gasteiger partial charge in [0.1, 0.15) is 5.75 Å². The second kappa shape index (κ2) is 3.57. The van der Waals surface area contributed by atoms with Crippen molar-refractivity contribution in [2.45, 2.75) is 13.2 Å². The third kappa shape index (κ3) is 1.53. The molecule has 16 heavy (non-hydrogen) atoms. The number of aliphatic hydroxyl groups excluding tert-OH is 1. The zero-order valence-electron chi connectivity index (χ0n) is 8.41. The number of non-ortho nitro benzene ring substituents is 1. The summed E-state index contributed by atoms with van der Waals surface area (Å²) in [7, 11) is 0. The Kier molecular flexibility index (Phi) is 2.35. The summed E-state index contributed by atoms with van der Waals surface area (Å²) >= 11 is 0. The van der Waals surface area contributed by atoms with Crippen LogP contribution in [0.4, 0.5) is 5.69 Å². The average molecular weight is 223 g/mol. The highest BCUT2D eigenvalue weighted by Crippen LogP contribution is 2.32. The summed E-state index contributed by atoms with van der Waals surface area (Å²) in [5, 5.41) is 19.9. The highest BCUT2D eigenvalue weighted by molar-refractivity contribution is 6.01. The van der Waals surface area contributed by atoms with Gasteiger partial charge in [0.2, 0.25) is 6.29 Å². The molecule has 1 aliphatic heterocycles. The molecule has 1 aromatic rings. The predicted octanol–water partition coefficient (Wildman–Crippen LogP) is 1.12. The maximum atomic E-state index is 11.7. The fourth-order valence-corrected chi connectivity index (χ4v) is 1.53. The number of benzene rings is 1. The summed E-state index contributed by atoms with van der Waals surface area (Å²) in [6.45, 7) is 1.54. The minimum Gasteiger partial charge on any atom is -0.463 e. The molecular weight excluding hydrogens is 214 g/mol. The molecule has 0 fully saturated rings. The Morgan fingerprint density at radius 2 is 2.19 bits per heavy atom. The van der Waals surface area contributed by atoms with Crippen molar-refractivity contribution in [3.8, 4) is 5.75 Å². The highest BCUT2D eigenvalue weighted by atomic mass is 16.6. The van der Waals surface area contributed by atoms with Crippen LogP contribution in [0.3, 0.4) is 0 Å². The van der Waals surface area contributed by atoms with Gasteiger partial charge in [0.25, 0.3) is 5.69 Å². The maximum absolute atomic E-state index is 11.7. The minimum absolute atomic E-state index is 0.0600. The van der Waals surface area contributed by atoms with Gasteiger partial charge in [0.05, 0.1) is 22.5 Å². The van der Waals surface area contributed by atoms with Crippen LogP contribution >= 0.6 is 0 Å². The van der Waals surface area contributed by atoms with Gasteiger partial charge in [-0.2, -0.15) is 0 Å². The molecule has 0 radical (unpaired) electrons. The van der Waals surface area contributed by atoms with E-state index in [-0.39, 0.29) is 22.8 Å². The standard InChI is InChI=1S/C10H9NO5/c1-5-9(12)7-3-2-6(11(14)15)4-8(7)16-10(5)13/h2-5,10,13H,1H3/t5-,10-/m1/s1. The zero-order chi connectivity index (χ0) is 11.9. The SMILES string of the molecule is C[C@@H]1C(=O)c2ccc([N+](=O)[O-])cc2O[C@H]1O. The first-order valence-corrected chi connectivity index (χ1v) is 4.68. The van der Waals surface area contributed by atoms with Gasteiger partial charge < -0.3 is 9.84 Å². The summed E-state index contributed by atoms with van der Waals surface area (Å²) in [4.78, 5) is 21.6. The van der Waals surface area contributed by atoms with Gasteiger partial charge in [-0.25, -0.2) is 0 Å². The molecule has 6 heteroatoms. The molecule has 1 N–H and O–H groups in total. The van der Waals surface area contributed by atoms with E-state index in [2.05, 4.69) is 0 Å². The van der Waals surface area contributed by atoms with Gasteiger partial charge in [-0.3, -0.25) is 14.9 Å². The van der Waals surface area contributed by atoms with Crippen LogP contribution in [0.15, 0.2) is 18.2 Å². The number of nitro groups is 1. The third-order valence-electron chi connectivity index (χ3n) is 2.53. The van der Waals surface area contributed by atoms with Crippen LogP contribution in [0.25, 0.3) is 0 Å². The van der Waals surface area contributed by atoms with Crippen molar-refractivity contribution in [3.05, 3.63) is 33.9 Å². The third-order valence-corrected chi connectivity index (χ3v) is 2.53. The molecule has 1 heterocycles. The Balaban J connectivity index is 2.49. The van der Waals surface area contributed by atoms with Crippen LogP contribution in [0.5, 0.6) is 5.75 Å². The number of rotatable bonds is 1. The number of carbonyl (C=O) groups excluding carboxylic acids is 1. The van der Waals surface area contributed by atoms with Crippen molar-refractivity contribution in [1.82, 2.24) is 0 Å². The van der Waals surface area contributed by atoms with Gasteiger partial charge in [0, 0.05) is 6.07 Å². The lowest BCUT2D eigenvalue weighted by Gasteiger charge is -2.26. The van der Waals surface area contributed by atoms with Crippen molar-refractivity contribution < 1.29 is 19.6 Å². The van der Waals surface area contributed by atoms with Gasteiger partial charge in [-0.15, -0.1) is 0 Å². The van der Waals surface area contributed by atoms with Crippen molar-refractivity contribution in [3.63, 3.8) is 0 Å². The summed E-state index contributed by atoms with van der Waals surface area (Å²) in [6.07, 6.45) is -1.25. The topological polar surface area (TPSA) is 89.7 Å². The second-order valence-corrected chi connectivity index (χ2v) is 3.60. The van der Waals surface area contributed by atoms with E-state index < -0.39 is 17.1 Å². The van der Waals surface area contributed by atoms with Crippen LogP contribution in [0.1, 0.15) is 17.3 Å². The molecule has 2 rings (SSSR count). The molecule has 0 unspecified atom stereocenters. The van der Waals surface area contributed by atoms with E-state index in [1.807, 2.05) is 0 Å². The first-order chi connectivity index (χ1) is 7.50. The molecule has 1 aromatic carbocycles. The molecule has 6 nitrogen and oxygen atoms in total. The number of ketones is 1. The fourth-order valence-electron chi connectivity index (χ4n) is 1.53. The molecule has 0 aliphatic carbocycles. The quantitative estimate of drug-likeness (QED) is 0.569. The molecule has 0 bridgehead atoms. The number of nitrogens with zero attached hydrogens (tertiary/aromatic N) is 1. The molecule has 0 saturated carbocycles. The van der Waals surface area contributed by atoms with Gasteiger partial charge in [0.15, 0.2) is 5.78 Å². The lowest BCUT2D eigenvalue weighted by Crippen LogP contribution is -2.35. The first-order valence-electron chi connectivity index (χ1n) is 4.68. The van der Waals surface area contributed by atoms with E-state index in [1.165, 1.54) is 19.1 Å². The number of hydrogen-bond acceptors (Lipinski definition) is 5. The first kappa shape index (κ1) is 10.6. The van der Waals surface area contributed by atoms with E-state index in [9.17, 15) is 20.0 Å². The Hall–Kier alpha value is -1.95. The maximum Gasteiger partial charge on any atom is 0.273 e. The van der Waals surface area contributed by atoms with Gasteiger partial charge in [-0.1, -0.05) is 0 Å². The largest absolute Gasteiger partial charge is 0.463 e. The lowest BCUT2D eigenvalue weighted by atomic mass is 9.95. The van der Waals surface area contributed by atoms with E-state index >= 15 is 0 Å². The van der Waals surface area contributed by atoms with E-state index in [0.29, 0.717) is 0 Å². The van der Waals surface area contributed by atoms with Crippen molar-refractivity contribution in [2.24, 2.45) is 5.92 Å². The summed E-state index contributed by atoms with van der Waals surface area (Å²) < 4.78 is 5.04. The van der Waals surface area contributed by atoms with E-state index in [1.54, 1.807) is 0 Å². The Morgan fingerprint density at radius 3 is 2.81 bits per heavy atom. The molecule has 0 aromatic heterocycles. The number of aliphatic hydroxyl groups is 1. The summed E-state index contributed by atoms with van der Waals surface area (Å²) in [5.41, 5.74) is 0.0942. The normalized spacial score (nSPS) is 23.5. The Bertz CT molecular complexity index is 470. The molecule has 1 aliphatic rings. The van der Waals surface area contributed by atoms with Crippen molar-refractivity contribution >= 4 is 11.5 Å². The van der Waals surface area contributed by atoms with E-state index in [0.717, 1.165) is 6.07 Å². The van der Waals surface area contributed by atoms with Crippen LogP contribution in [0.2, 0.25) is 0 Å². The molecule has 0 saturated heterocycles. The van der Waals surface area contributed by atoms with Crippen molar-refractivity contribution in [1.29, 1.82) is 0 Å². The smallest absolute Gasteiger partial charge is 0.273 e. The summed E-state index contributed by atoms with van der Waals surface area (Å²) in [6, 6.07) is 3.73. The number of Topliss-reactive ketones (excluding diaryl/α,β-unsaturated/α-hetero) is 1. The second-order valence-electron chi connectivity index (χ2n) is 3.60. The molecule has 0 spiro atoms. The fraction of sp³-hybridized carbons (Fsp3) is 0.300. The number of ether oxygens (including phenoxy) is 1. The molecule has 0 amide bonds. The van der Waals surface area contributed by atoms with Crippen molar-refractivity contribution in [2.75, 3.05) is 0 Å². The zero-order valence-corrected chi connectivity index (χ0v) is 8.41. The number of hydrogen-bond donors (Lipinski definition) is 1. The lowest BCUT2D eigenvalue weighted by molar-refractivity contribution is -0.385. The van der Waals surface area contributed by atoms with Gasteiger partial charge in [-0.05, 0) is 13.0 Å². The average Bonchev–Trinajstić information content (AvgIpc) is 2.25. The Labute approximate surface area is 90.6 Å². The highest BCUT2D eigenvalue weighted by Gasteiger charge is 2.33. The van der Waals surface area contributed by atoms with Crippen LogP contribution in [-0.2, 0) is 0 Å². The minimum atomic E-state index is -1.25. The molecule has 2 atom stereocenters. The Morgan fingerprint density at radius 1 is 1.50 bits per heavy atom. The van der Waals surface area contributed by atoms with Crippen LogP contribution in [-0.4, -0.2) is 22.1 Å². The predicted molar refractivity (Wildman–Crippen MR) is 53.2 cm³/mol. The number of carbonyl (C=O) groups is 1.